The van der Waals surface area contributed by atoms with Crippen LogP contribution in [0.2, 0.25) is 0 Å². The summed E-state index contributed by atoms with van der Waals surface area (Å²) in [5.41, 5.74) is 1.86. The molecule has 1 heterocycles. The molecule has 0 atom stereocenters. The van der Waals surface area contributed by atoms with E-state index in [1.807, 2.05) is 31.2 Å². The van der Waals surface area contributed by atoms with Crippen LogP contribution in [0.25, 0.3) is 0 Å². The molecule has 0 spiro atoms. The van der Waals surface area contributed by atoms with Gasteiger partial charge in [-0.05, 0) is 19.1 Å². The molecule has 0 saturated carbocycles. The zero-order valence-electron chi connectivity index (χ0n) is 9.93. The molecular weight excluding hydrogens is 216 g/mol. The summed E-state index contributed by atoms with van der Waals surface area (Å²) in [6.07, 6.45) is 0.841. The Morgan fingerprint density at radius 1 is 1.12 bits per heavy atom. The third-order valence-corrected chi connectivity index (χ3v) is 3.05. The fourth-order valence-corrected chi connectivity index (χ4v) is 1.91. The van der Waals surface area contributed by atoms with Crippen molar-refractivity contribution in [3.63, 3.8) is 0 Å². The lowest BCUT2D eigenvalue weighted by atomic mass is 10.1. The Balaban J connectivity index is 2.01. The highest BCUT2D eigenvalue weighted by atomic mass is 16.2. The molecule has 1 saturated heterocycles. The van der Waals surface area contributed by atoms with Crippen LogP contribution in [-0.4, -0.2) is 48.3 Å². The van der Waals surface area contributed by atoms with Crippen LogP contribution < -0.4 is 0 Å². The van der Waals surface area contributed by atoms with Crippen LogP contribution in [0, 0.1) is 6.92 Å². The van der Waals surface area contributed by atoms with Gasteiger partial charge in [-0.25, -0.2) is 0 Å². The highest BCUT2D eigenvalue weighted by Crippen LogP contribution is 2.09. The quantitative estimate of drug-likeness (QED) is 0.711. The minimum atomic E-state index is 0.0514. The zero-order chi connectivity index (χ0) is 12.3. The number of carbonyl (C=O) groups excluding carboxylic acids is 2. The van der Waals surface area contributed by atoms with Crippen LogP contribution in [0.3, 0.4) is 0 Å². The van der Waals surface area contributed by atoms with Gasteiger partial charge in [-0.15, -0.1) is 0 Å². The van der Waals surface area contributed by atoms with E-state index in [0.29, 0.717) is 26.2 Å². The number of nitrogens with zero attached hydrogens (tertiary/aromatic N) is 2. The molecule has 1 aliphatic rings. The molecule has 90 valence electrons. The Morgan fingerprint density at radius 2 is 1.71 bits per heavy atom. The van der Waals surface area contributed by atoms with Crippen molar-refractivity contribution in [1.82, 2.24) is 9.80 Å². The van der Waals surface area contributed by atoms with Crippen molar-refractivity contribution in [2.24, 2.45) is 0 Å². The fourth-order valence-electron chi connectivity index (χ4n) is 1.91. The van der Waals surface area contributed by atoms with E-state index in [1.165, 1.54) is 0 Å². The van der Waals surface area contributed by atoms with Gasteiger partial charge in [0.2, 0.25) is 6.41 Å². The first-order valence-electron chi connectivity index (χ1n) is 5.76. The van der Waals surface area contributed by atoms with Crippen LogP contribution in [-0.2, 0) is 4.79 Å². The van der Waals surface area contributed by atoms with Crippen molar-refractivity contribution in [2.45, 2.75) is 6.92 Å². The number of hydrogen-bond acceptors (Lipinski definition) is 2. The third kappa shape index (κ3) is 2.64. The van der Waals surface area contributed by atoms with Gasteiger partial charge < -0.3 is 9.80 Å². The molecule has 2 amide bonds. The standard InChI is InChI=1S/C13H16N2O2/c1-11-2-4-12(5-3-11)13(17)15-8-6-14(10-16)7-9-15/h2-5,10H,6-9H2,1H3. The number of piperazine rings is 1. The number of rotatable bonds is 2. The highest BCUT2D eigenvalue weighted by Gasteiger charge is 2.20. The van der Waals surface area contributed by atoms with E-state index in [0.717, 1.165) is 17.5 Å². The second kappa shape index (κ2) is 4.99. The normalized spacial score (nSPS) is 15.8. The number of aryl methyl sites for hydroxylation is 1. The van der Waals surface area contributed by atoms with Gasteiger partial charge >= 0.3 is 0 Å². The molecule has 4 heteroatoms. The molecule has 0 radical (unpaired) electrons. The second-order valence-corrected chi connectivity index (χ2v) is 4.30. The van der Waals surface area contributed by atoms with Crippen LogP contribution in [0.5, 0.6) is 0 Å². The first kappa shape index (κ1) is 11.6. The monoisotopic (exact) mass is 232 g/mol. The van der Waals surface area contributed by atoms with Gasteiger partial charge in [0.15, 0.2) is 0 Å². The fraction of sp³-hybridized carbons (Fsp3) is 0.385. The van der Waals surface area contributed by atoms with Crippen molar-refractivity contribution < 1.29 is 9.59 Å². The molecule has 0 N–H and O–H groups in total. The Morgan fingerprint density at radius 3 is 2.24 bits per heavy atom. The maximum Gasteiger partial charge on any atom is 0.253 e. The third-order valence-electron chi connectivity index (χ3n) is 3.05. The van der Waals surface area contributed by atoms with Crippen LogP contribution in [0.4, 0.5) is 0 Å². The first-order chi connectivity index (χ1) is 8.20. The van der Waals surface area contributed by atoms with Crippen molar-refractivity contribution in [1.29, 1.82) is 0 Å². The van der Waals surface area contributed by atoms with E-state index in [9.17, 15) is 9.59 Å². The van der Waals surface area contributed by atoms with E-state index >= 15 is 0 Å². The number of amides is 2. The van der Waals surface area contributed by atoms with E-state index in [4.69, 9.17) is 0 Å². The molecule has 1 aromatic rings. The predicted molar refractivity (Wildman–Crippen MR) is 64.7 cm³/mol. The van der Waals surface area contributed by atoms with E-state index in [-0.39, 0.29) is 5.91 Å². The SMILES string of the molecule is Cc1ccc(C(=O)N2CCN(C=O)CC2)cc1. The number of hydrogen-bond donors (Lipinski definition) is 0. The molecule has 4 nitrogen and oxygen atoms in total. The summed E-state index contributed by atoms with van der Waals surface area (Å²) in [7, 11) is 0. The molecule has 17 heavy (non-hydrogen) atoms. The minimum absolute atomic E-state index is 0.0514. The summed E-state index contributed by atoms with van der Waals surface area (Å²) in [5, 5.41) is 0. The van der Waals surface area contributed by atoms with Crippen molar-refractivity contribution in [2.75, 3.05) is 26.2 Å². The maximum absolute atomic E-state index is 12.1. The van der Waals surface area contributed by atoms with Crippen LogP contribution in [0.1, 0.15) is 15.9 Å². The van der Waals surface area contributed by atoms with E-state index < -0.39 is 0 Å². The van der Waals surface area contributed by atoms with Gasteiger partial charge in [-0.1, -0.05) is 17.7 Å². The minimum Gasteiger partial charge on any atom is -0.342 e. The number of benzene rings is 1. The van der Waals surface area contributed by atoms with Crippen LogP contribution in [0.15, 0.2) is 24.3 Å². The Kier molecular flexibility index (Phi) is 3.42. The Hall–Kier alpha value is -1.84. The van der Waals surface area contributed by atoms with Gasteiger partial charge in [-0.2, -0.15) is 0 Å². The Labute approximate surface area is 101 Å². The molecule has 0 unspecified atom stereocenters. The summed E-state index contributed by atoms with van der Waals surface area (Å²) in [4.78, 5) is 26.2. The summed E-state index contributed by atoms with van der Waals surface area (Å²) in [6, 6.07) is 7.58. The van der Waals surface area contributed by atoms with E-state index in [1.54, 1.807) is 9.80 Å². The molecule has 2 rings (SSSR count). The largest absolute Gasteiger partial charge is 0.342 e. The van der Waals surface area contributed by atoms with Crippen molar-refractivity contribution >= 4 is 12.3 Å². The summed E-state index contributed by atoms with van der Waals surface area (Å²) in [5.74, 6) is 0.0514. The lowest BCUT2D eigenvalue weighted by Crippen LogP contribution is -2.48. The Bertz CT molecular complexity index is 406. The van der Waals surface area contributed by atoms with Gasteiger partial charge in [0.1, 0.15) is 0 Å². The summed E-state index contributed by atoms with van der Waals surface area (Å²) in [6.45, 7) is 4.48. The van der Waals surface area contributed by atoms with Crippen LogP contribution >= 0.6 is 0 Å². The first-order valence-corrected chi connectivity index (χ1v) is 5.76. The summed E-state index contributed by atoms with van der Waals surface area (Å²) < 4.78 is 0. The topological polar surface area (TPSA) is 40.6 Å². The number of carbonyl (C=O) groups is 2. The molecule has 1 fully saturated rings. The van der Waals surface area contributed by atoms with Gasteiger partial charge in [0.25, 0.3) is 5.91 Å². The lowest BCUT2D eigenvalue weighted by molar-refractivity contribution is -0.119. The molecule has 1 aliphatic heterocycles. The van der Waals surface area contributed by atoms with Gasteiger partial charge in [0, 0.05) is 31.7 Å². The van der Waals surface area contributed by atoms with Crippen molar-refractivity contribution in [3.8, 4) is 0 Å². The molecule has 0 aromatic heterocycles. The molecule has 1 aromatic carbocycles. The van der Waals surface area contributed by atoms with Gasteiger partial charge in [-0.3, -0.25) is 9.59 Å². The summed E-state index contributed by atoms with van der Waals surface area (Å²) >= 11 is 0. The zero-order valence-corrected chi connectivity index (χ0v) is 9.93. The maximum atomic E-state index is 12.1. The lowest BCUT2D eigenvalue weighted by Gasteiger charge is -2.32. The second-order valence-electron chi connectivity index (χ2n) is 4.30. The highest BCUT2D eigenvalue weighted by molar-refractivity contribution is 5.94. The molecular formula is C13H16N2O2. The predicted octanol–water partition coefficient (Wildman–Crippen LogP) is 0.909. The average molecular weight is 232 g/mol. The molecule has 0 bridgehead atoms. The van der Waals surface area contributed by atoms with E-state index in [2.05, 4.69) is 0 Å². The van der Waals surface area contributed by atoms with Crippen molar-refractivity contribution in [3.05, 3.63) is 35.4 Å². The smallest absolute Gasteiger partial charge is 0.253 e. The van der Waals surface area contributed by atoms with Gasteiger partial charge in [0.05, 0.1) is 0 Å². The average Bonchev–Trinajstić information content (AvgIpc) is 2.39. The molecule has 0 aliphatic carbocycles.